The van der Waals surface area contributed by atoms with Crippen molar-refractivity contribution in [3.05, 3.63) is 47.4 Å². The molecule has 0 N–H and O–H groups in total. The van der Waals surface area contributed by atoms with E-state index in [0.29, 0.717) is 37.1 Å². The molecule has 0 aliphatic carbocycles. The number of anilines is 1. The molecule has 0 spiro atoms. The number of fused-ring (bicyclic) bond motifs is 1. The first-order valence-electron chi connectivity index (χ1n) is 8.55. The third kappa shape index (κ3) is 3.10. The maximum Gasteiger partial charge on any atom is 0.262 e. The van der Waals surface area contributed by atoms with E-state index in [1.807, 2.05) is 12.1 Å². The number of nitrogens with zero attached hydrogens (tertiary/aromatic N) is 6. The Kier molecular flexibility index (Phi) is 4.23. The van der Waals surface area contributed by atoms with Crippen molar-refractivity contribution in [3.63, 3.8) is 0 Å². The fourth-order valence-corrected chi connectivity index (χ4v) is 4.62. The molecule has 0 bridgehead atoms. The van der Waals surface area contributed by atoms with Gasteiger partial charge in [0.1, 0.15) is 0 Å². The van der Waals surface area contributed by atoms with Crippen molar-refractivity contribution >= 4 is 26.6 Å². The number of aryl methyl sites for hydroxylation is 2. The molecule has 2 aromatic heterocycles. The van der Waals surface area contributed by atoms with Gasteiger partial charge in [0, 0.05) is 52.2 Å². The summed E-state index contributed by atoms with van der Waals surface area (Å²) in [4.78, 5) is 22.5. The maximum absolute atomic E-state index is 12.7. The summed E-state index contributed by atoms with van der Waals surface area (Å²) in [5, 5.41) is 0.643. The van der Waals surface area contributed by atoms with E-state index in [-0.39, 0.29) is 10.6 Å². The molecule has 1 aromatic carbocycles. The first-order chi connectivity index (χ1) is 12.9. The summed E-state index contributed by atoms with van der Waals surface area (Å²) < 4.78 is 29.9. The Labute approximate surface area is 156 Å². The molecule has 27 heavy (non-hydrogen) atoms. The van der Waals surface area contributed by atoms with E-state index >= 15 is 0 Å². The maximum atomic E-state index is 12.7. The number of benzene rings is 1. The molecule has 0 unspecified atom stereocenters. The Morgan fingerprint density at radius 3 is 2.41 bits per heavy atom. The second-order valence-electron chi connectivity index (χ2n) is 6.63. The third-order valence-electron chi connectivity index (χ3n) is 4.79. The topological polar surface area (TPSA) is 93.3 Å². The van der Waals surface area contributed by atoms with Gasteiger partial charge in [-0.25, -0.2) is 18.4 Å². The van der Waals surface area contributed by atoms with Crippen LogP contribution in [0.3, 0.4) is 0 Å². The van der Waals surface area contributed by atoms with Crippen LogP contribution in [-0.4, -0.2) is 58.0 Å². The standard InChI is InChI=1S/C17H20N6O3S/c1-20-10-16(19-11-20)27(25,26)23-7-5-22(6-8-23)13-3-4-14-15(9-13)18-12-21(2)17(14)24/h3-4,9-12H,5-8H2,1-2H3. The molecule has 1 fully saturated rings. The smallest absolute Gasteiger partial charge is 0.262 e. The summed E-state index contributed by atoms with van der Waals surface area (Å²) in [6.07, 6.45) is 4.50. The Morgan fingerprint density at radius 1 is 1.00 bits per heavy atom. The molecule has 142 valence electrons. The summed E-state index contributed by atoms with van der Waals surface area (Å²) in [6, 6.07) is 5.53. The van der Waals surface area contributed by atoms with Crippen molar-refractivity contribution in [2.45, 2.75) is 5.03 Å². The largest absolute Gasteiger partial charge is 0.369 e. The SMILES string of the molecule is Cn1cnc(S(=O)(=O)N2CCN(c3ccc4c(=O)n(C)cnc4c3)CC2)c1. The van der Waals surface area contributed by atoms with Crippen LogP contribution in [0, 0.1) is 0 Å². The first kappa shape index (κ1) is 17.7. The molecule has 3 heterocycles. The third-order valence-corrected chi connectivity index (χ3v) is 6.58. The summed E-state index contributed by atoms with van der Waals surface area (Å²) in [5.74, 6) is 0. The lowest BCUT2D eigenvalue weighted by molar-refractivity contribution is 0.383. The highest BCUT2D eigenvalue weighted by Gasteiger charge is 2.30. The highest BCUT2D eigenvalue weighted by Crippen LogP contribution is 2.22. The summed E-state index contributed by atoms with van der Waals surface area (Å²) >= 11 is 0. The molecule has 0 atom stereocenters. The monoisotopic (exact) mass is 388 g/mol. The van der Waals surface area contributed by atoms with Gasteiger partial charge in [-0.1, -0.05) is 0 Å². The molecule has 10 heteroatoms. The Balaban J connectivity index is 1.53. The van der Waals surface area contributed by atoms with Gasteiger partial charge in [0.05, 0.1) is 23.6 Å². The number of sulfonamides is 1. The average Bonchev–Trinajstić information content (AvgIpc) is 3.12. The van der Waals surface area contributed by atoms with E-state index in [9.17, 15) is 13.2 Å². The van der Waals surface area contributed by atoms with Gasteiger partial charge in [0.25, 0.3) is 15.6 Å². The highest BCUT2D eigenvalue weighted by molar-refractivity contribution is 7.89. The van der Waals surface area contributed by atoms with E-state index < -0.39 is 10.0 Å². The fraction of sp³-hybridized carbons (Fsp3) is 0.353. The Bertz CT molecular complexity index is 1160. The van der Waals surface area contributed by atoms with Crippen molar-refractivity contribution < 1.29 is 8.42 Å². The van der Waals surface area contributed by atoms with Gasteiger partial charge >= 0.3 is 0 Å². The van der Waals surface area contributed by atoms with Crippen LogP contribution in [0.25, 0.3) is 10.9 Å². The van der Waals surface area contributed by atoms with Crippen molar-refractivity contribution in [2.75, 3.05) is 31.1 Å². The van der Waals surface area contributed by atoms with Gasteiger partial charge in [-0.15, -0.1) is 0 Å². The Hall–Kier alpha value is -2.72. The second-order valence-corrected chi connectivity index (χ2v) is 8.52. The van der Waals surface area contributed by atoms with Crippen LogP contribution in [0.15, 0.2) is 46.9 Å². The van der Waals surface area contributed by atoms with E-state index in [1.54, 1.807) is 24.7 Å². The minimum Gasteiger partial charge on any atom is -0.369 e. The molecule has 1 saturated heterocycles. The lowest BCUT2D eigenvalue weighted by Gasteiger charge is -2.35. The number of hydrogen-bond acceptors (Lipinski definition) is 6. The van der Waals surface area contributed by atoms with Crippen molar-refractivity contribution in [1.29, 1.82) is 0 Å². The van der Waals surface area contributed by atoms with Crippen molar-refractivity contribution in [1.82, 2.24) is 23.4 Å². The number of imidazole rings is 1. The highest BCUT2D eigenvalue weighted by atomic mass is 32.2. The minimum absolute atomic E-state index is 0.0733. The van der Waals surface area contributed by atoms with Gasteiger partial charge in [-0.3, -0.25) is 4.79 Å². The van der Waals surface area contributed by atoms with Gasteiger partial charge in [0.15, 0.2) is 5.03 Å². The predicted molar refractivity (Wildman–Crippen MR) is 101 cm³/mol. The Morgan fingerprint density at radius 2 is 1.74 bits per heavy atom. The van der Waals surface area contributed by atoms with Crippen LogP contribution in [0.5, 0.6) is 0 Å². The zero-order valence-electron chi connectivity index (χ0n) is 15.1. The minimum atomic E-state index is -3.57. The molecule has 0 saturated carbocycles. The molecule has 0 radical (unpaired) electrons. The van der Waals surface area contributed by atoms with Crippen LogP contribution in [0.2, 0.25) is 0 Å². The molecule has 1 aliphatic heterocycles. The molecule has 4 rings (SSSR count). The molecular formula is C17H20N6O3S. The lowest BCUT2D eigenvalue weighted by atomic mass is 10.2. The number of rotatable bonds is 3. The van der Waals surface area contributed by atoms with E-state index in [4.69, 9.17) is 0 Å². The van der Waals surface area contributed by atoms with Crippen LogP contribution < -0.4 is 10.5 Å². The van der Waals surface area contributed by atoms with E-state index in [0.717, 1.165) is 5.69 Å². The fourth-order valence-electron chi connectivity index (χ4n) is 3.24. The van der Waals surface area contributed by atoms with Gasteiger partial charge in [0.2, 0.25) is 0 Å². The molecule has 0 amide bonds. The quantitative estimate of drug-likeness (QED) is 0.635. The molecule has 3 aromatic rings. The zero-order valence-corrected chi connectivity index (χ0v) is 15.9. The van der Waals surface area contributed by atoms with Crippen LogP contribution >= 0.6 is 0 Å². The summed E-state index contributed by atoms with van der Waals surface area (Å²) in [5.41, 5.74) is 1.48. The van der Waals surface area contributed by atoms with Gasteiger partial charge < -0.3 is 14.0 Å². The van der Waals surface area contributed by atoms with Gasteiger partial charge in [-0.2, -0.15) is 4.31 Å². The zero-order chi connectivity index (χ0) is 19.2. The van der Waals surface area contributed by atoms with E-state index in [2.05, 4.69) is 14.9 Å². The number of piperazine rings is 1. The van der Waals surface area contributed by atoms with E-state index in [1.165, 1.54) is 27.7 Å². The van der Waals surface area contributed by atoms with Crippen molar-refractivity contribution in [3.8, 4) is 0 Å². The lowest BCUT2D eigenvalue weighted by Crippen LogP contribution is -2.48. The number of hydrogen-bond donors (Lipinski definition) is 0. The van der Waals surface area contributed by atoms with Crippen LogP contribution in [-0.2, 0) is 24.1 Å². The van der Waals surface area contributed by atoms with Crippen LogP contribution in [0.4, 0.5) is 5.69 Å². The van der Waals surface area contributed by atoms with Crippen molar-refractivity contribution in [2.24, 2.45) is 14.1 Å². The first-order valence-corrected chi connectivity index (χ1v) is 9.99. The predicted octanol–water partition coefficient (Wildman–Crippen LogP) is 0.178. The second kappa shape index (κ2) is 6.46. The molecule has 1 aliphatic rings. The number of aromatic nitrogens is 4. The molecular weight excluding hydrogens is 368 g/mol. The summed E-state index contributed by atoms with van der Waals surface area (Å²) in [6.45, 7) is 1.87. The summed E-state index contributed by atoms with van der Waals surface area (Å²) in [7, 11) is -0.162. The molecule has 9 nitrogen and oxygen atoms in total. The average molecular weight is 388 g/mol. The normalized spacial score (nSPS) is 16.1. The van der Waals surface area contributed by atoms with Crippen LogP contribution in [0.1, 0.15) is 0 Å². The van der Waals surface area contributed by atoms with Gasteiger partial charge in [-0.05, 0) is 18.2 Å².